The van der Waals surface area contributed by atoms with E-state index in [1.165, 1.54) is 0 Å². The summed E-state index contributed by atoms with van der Waals surface area (Å²) in [6.07, 6.45) is 0. The van der Waals surface area contributed by atoms with Crippen LogP contribution in [-0.2, 0) is 15.8 Å². The van der Waals surface area contributed by atoms with Crippen molar-refractivity contribution in [2.75, 3.05) is 13.2 Å². The molecule has 0 saturated heterocycles. The molecule has 7 heteroatoms. The van der Waals surface area contributed by atoms with Crippen molar-refractivity contribution in [3.8, 4) is 5.75 Å². The molecule has 0 heterocycles. The van der Waals surface area contributed by atoms with Gasteiger partial charge in [-0.3, -0.25) is 0 Å². The van der Waals surface area contributed by atoms with Crippen molar-refractivity contribution in [3.63, 3.8) is 0 Å². The first-order valence-electron chi connectivity index (χ1n) is 6.55. The molecule has 0 atom stereocenters. The molecule has 0 spiro atoms. The van der Waals surface area contributed by atoms with Gasteiger partial charge in [-0.2, -0.15) is 0 Å². The zero-order valence-electron chi connectivity index (χ0n) is 11.6. The van der Waals surface area contributed by atoms with Gasteiger partial charge in [0.05, 0.1) is 5.75 Å². The lowest BCUT2D eigenvalue weighted by Crippen LogP contribution is -2.29. The molecule has 0 amide bonds. The number of nitrogens with one attached hydrogen (secondary N) is 1. The van der Waals surface area contributed by atoms with E-state index in [2.05, 4.69) is 20.7 Å². The van der Waals surface area contributed by atoms with Gasteiger partial charge < -0.3 is 4.74 Å². The summed E-state index contributed by atoms with van der Waals surface area (Å²) in [5.41, 5.74) is 0.731. The van der Waals surface area contributed by atoms with E-state index < -0.39 is 10.0 Å². The predicted molar refractivity (Wildman–Crippen MR) is 91.7 cm³/mol. The molecule has 0 radical (unpaired) electrons. The molecule has 4 nitrogen and oxygen atoms in total. The second-order valence-electron chi connectivity index (χ2n) is 4.58. The molecule has 2 aromatic rings. The first kappa shape index (κ1) is 17.3. The van der Waals surface area contributed by atoms with Crippen LogP contribution in [0.3, 0.4) is 0 Å². The fraction of sp³-hybridized carbons (Fsp3) is 0.200. The molecule has 0 aliphatic rings. The number of halogens is 2. The van der Waals surface area contributed by atoms with Crippen LogP contribution in [0, 0.1) is 0 Å². The number of benzene rings is 2. The van der Waals surface area contributed by atoms with Gasteiger partial charge in [0, 0.05) is 16.0 Å². The fourth-order valence-corrected chi connectivity index (χ4v) is 3.27. The number of ether oxygens (including phenoxy) is 1. The van der Waals surface area contributed by atoms with Crippen LogP contribution in [0.15, 0.2) is 53.0 Å². The molecule has 0 bridgehead atoms. The van der Waals surface area contributed by atoms with E-state index in [1.807, 2.05) is 12.1 Å². The molecular weight excluding hydrogens is 390 g/mol. The predicted octanol–water partition coefficient (Wildman–Crippen LogP) is 3.60. The molecule has 0 aromatic heterocycles. The highest BCUT2D eigenvalue weighted by molar-refractivity contribution is 9.10. The normalized spacial score (nSPS) is 11.4. The number of hydrogen-bond acceptors (Lipinski definition) is 3. The van der Waals surface area contributed by atoms with Gasteiger partial charge in [0.25, 0.3) is 0 Å². The molecule has 2 aromatic carbocycles. The quantitative estimate of drug-likeness (QED) is 0.717. The topological polar surface area (TPSA) is 55.4 Å². The molecule has 22 heavy (non-hydrogen) atoms. The summed E-state index contributed by atoms with van der Waals surface area (Å²) in [5, 5.41) is 0.627. The zero-order valence-corrected chi connectivity index (χ0v) is 14.8. The van der Waals surface area contributed by atoms with Crippen molar-refractivity contribution in [1.82, 2.24) is 4.72 Å². The van der Waals surface area contributed by atoms with Gasteiger partial charge in [-0.05, 0) is 42.0 Å². The van der Waals surface area contributed by atoms with Crippen LogP contribution in [-0.4, -0.2) is 21.6 Å². The Morgan fingerprint density at radius 2 is 1.68 bits per heavy atom. The van der Waals surface area contributed by atoms with Crippen LogP contribution in [0.5, 0.6) is 5.75 Å². The highest BCUT2D eigenvalue weighted by Crippen LogP contribution is 2.15. The molecule has 0 aliphatic heterocycles. The minimum atomic E-state index is -3.38. The molecule has 0 saturated carbocycles. The maximum Gasteiger partial charge on any atom is 0.215 e. The molecule has 0 fully saturated rings. The molecule has 118 valence electrons. The van der Waals surface area contributed by atoms with Gasteiger partial charge in [-0.25, -0.2) is 13.1 Å². The van der Waals surface area contributed by atoms with Gasteiger partial charge in [0.1, 0.15) is 12.4 Å². The summed E-state index contributed by atoms with van der Waals surface area (Å²) in [6.45, 7) is 0.461. The Kier molecular flexibility index (Phi) is 6.26. The van der Waals surface area contributed by atoms with Gasteiger partial charge in [-0.15, -0.1) is 0 Å². The molecule has 1 N–H and O–H groups in total. The highest BCUT2D eigenvalue weighted by Gasteiger charge is 2.10. The molecular formula is C15H15BrClNO3S. The van der Waals surface area contributed by atoms with Crippen LogP contribution in [0.1, 0.15) is 5.56 Å². The Morgan fingerprint density at radius 3 is 2.32 bits per heavy atom. The Labute approximate surface area is 143 Å². The van der Waals surface area contributed by atoms with Crippen molar-refractivity contribution in [2.24, 2.45) is 0 Å². The highest BCUT2D eigenvalue weighted by atomic mass is 79.9. The van der Waals surface area contributed by atoms with Gasteiger partial charge in [-0.1, -0.05) is 39.7 Å². The molecule has 2 rings (SSSR count). The summed E-state index contributed by atoms with van der Waals surface area (Å²) in [4.78, 5) is 0. The van der Waals surface area contributed by atoms with E-state index in [9.17, 15) is 8.42 Å². The maximum absolute atomic E-state index is 11.9. The van der Waals surface area contributed by atoms with Crippen molar-refractivity contribution in [1.29, 1.82) is 0 Å². The van der Waals surface area contributed by atoms with E-state index in [1.54, 1.807) is 36.4 Å². The zero-order chi connectivity index (χ0) is 16.0. The van der Waals surface area contributed by atoms with E-state index >= 15 is 0 Å². The lowest BCUT2D eigenvalue weighted by molar-refractivity contribution is 0.323. The maximum atomic E-state index is 11.9. The summed E-state index contributed by atoms with van der Waals surface area (Å²) < 4.78 is 32.7. The third-order valence-electron chi connectivity index (χ3n) is 2.78. The average Bonchev–Trinajstić information content (AvgIpc) is 2.48. The van der Waals surface area contributed by atoms with E-state index in [4.69, 9.17) is 16.3 Å². The van der Waals surface area contributed by atoms with Crippen molar-refractivity contribution in [3.05, 3.63) is 63.6 Å². The van der Waals surface area contributed by atoms with Crippen LogP contribution in [0.25, 0.3) is 0 Å². The largest absolute Gasteiger partial charge is 0.492 e. The average molecular weight is 405 g/mol. The Morgan fingerprint density at radius 1 is 1.05 bits per heavy atom. The summed E-state index contributed by atoms with van der Waals surface area (Å²) >= 11 is 9.08. The first-order valence-corrected chi connectivity index (χ1v) is 9.37. The Hall–Kier alpha value is -1.08. The number of sulfonamides is 1. The molecule has 0 aliphatic carbocycles. The fourth-order valence-electron chi connectivity index (χ4n) is 1.75. The van der Waals surface area contributed by atoms with Crippen molar-refractivity contribution >= 4 is 37.6 Å². The van der Waals surface area contributed by atoms with Gasteiger partial charge in [0.2, 0.25) is 10.0 Å². The summed E-state index contributed by atoms with van der Waals surface area (Å²) in [5.74, 6) is 0.595. The second-order valence-corrected chi connectivity index (χ2v) is 7.74. The van der Waals surface area contributed by atoms with E-state index in [0.717, 1.165) is 10.0 Å². The third-order valence-corrected chi connectivity index (χ3v) is 4.91. The standard InChI is InChI=1S/C15H15BrClNO3S/c16-13-3-1-12(2-4-13)11-22(19,20)18-9-10-21-15-7-5-14(17)6-8-15/h1-8,18H,9-11H2. The summed E-state index contributed by atoms with van der Waals surface area (Å²) in [7, 11) is -3.38. The SMILES string of the molecule is O=S(=O)(Cc1ccc(Br)cc1)NCCOc1ccc(Cl)cc1. The molecule has 0 unspecified atom stereocenters. The Balaban J connectivity index is 1.77. The number of hydrogen-bond donors (Lipinski definition) is 1. The monoisotopic (exact) mass is 403 g/mol. The van der Waals surface area contributed by atoms with Crippen LogP contribution < -0.4 is 9.46 Å². The minimum absolute atomic E-state index is 0.0543. The third kappa shape index (κ3) is 5.96. The van der Waals surface area contributed by atoms with Crippen molar-refractivity contribution < 1.29 is 13.2 Å². The second kappa shape index (κ2) is 7.97. The Bertz CT molecular complexity index is 703. The lowest BCUT2D eigenvalue weighted by Gasteiger charge is -2.09. The van der Waals surface area contributed by atoms with E-state index in [-0.39, 0.29) is 18.9 Å². The van der Waals surface area contributed by atoms with E-state index in [0.29, 0.717) is 10.8 Å². The minimum Gasteiger partial charge on any atom is -0.492 e. The summed E-state index contributed by atoms with van der Waals surface area (Å²) in [6, 6.07) is 14.1. The van der Waals surface area contributed by atoms with Crippen molar-refractivity contribution in [2.45, 2.75) is 5.75 Å². The van der Waals surface area contributed by atoms with Gasteiger partial charge in [0.15, 0.2) is 0 Å². The van der Waals surface area contributed by atoms with Gasteiger partial charge >= 0.3 is 0 Å². The number of rotatable bonds is 7. The van der Waals surface area contributed by atoms with Crippen LogP contribution >= 0.6 is 27.5 Å². The smallest absolute Gasteiger partial charge is 0.215 e. The lowest BCUT2D eigenvalue weighted by atomic mass is 10.2. The van der Waals surface area contributed by atoms with Crippen LogP contribution in [0.4, 0.5) is 0 Å². The first-order chi connectivity index (χ1) is 10.4. The van der Waals surface area contributed by atoms with Crippen LogP contribution in [0.2, 0.25) is 5.02 Å².